The van der Waals surface area contributed by atoms with E-state index in [1.54, 1.807) is 0 Å². The fourth-order valence-corrected chi connectivity index (χ4v) is 2.71. The molecular formula is C9H11Cl2NS. The largest absolute Gasteiger partial charge is 0.324 e. The zero-order valence-corrected chi connectivity index (χ0v) is 9.38. The molecule has 0 saturated carbocycles. The van der Waals surface area contributed by atoms with Crippen molar-refractivity contribution in [2.24, 2.45) is 5.73 Å². The molecule has 13 heavy (non-hydrogen) atoms. The van der Waals surface area contributed by atoms with Crippen LogP contribution in [0.5, 0.6) is 0 Å². The van der Waals surface area contributed by atoms with E-state index in [-0.39, 0.29) is 18.4 Å². The number of nitrogens with two attached hydrogens (primary N) is 1. The predicted molar refractivity (Wildman–Crippen MR) is 61.0 cm³/mol. The van der Waals surface area contributed by atoms with Gasteiger partial charge in [-0.25, -0.2) is 0 Å². The molecule has 1 aromatic carbocycles. The molecule has 2 N–H and O–H groups in total. The van der Waals surface area contributed by atoms with Crippen LogP contribution in [0.3, 0.4) is 0 Å². The minimum Gasteiger partial charge on any atom is -0.324 e. The van der Waals surface area contributed by atoms with Gasteiger partial charge in [-0.1, -0.05) is 11.6 Å². The second-order valence-electron chi connectivity index (χ2n) is 2.93. The topological polar surface area (TPSA) is 26.0 Å². The van der Waals surface area contributed by atoms with E-state index in [2.05, 4.69) is 6.07 Å². The van der Waals surface area contributed by atoms with Crippen LogP contribution in [0.2, 0.25) is 5.02 Å². The SMILES string of the molecule is Cl.NC1CCSc2ccc(Cl)cc21. The van der Waals surface area contributed by atoms with Crippen molar-refractivity contribution in [3.8, 4) is 0 Å². The van der Waals surface area contributed by atoms with Crippen molar-refractivity contribution in [3.63, 3.8) is 0 Å². The van der Waals surface area contributed by atoms with E-state index in [0.29, 0.717) is 0 Å². The predicted octanol–water partition coefficient (Wildman–Crippen LogP) is 3.26. The van der Waals surface area contributed by atoms with Crippen LogP contribution >= 0.6 is 35.8 Å². The van der Waals surface area contributed by atoms with Crippen molar-refractivity contribution in [3.05, 3.63) is 28.8 Å². The van der Waals surface area contributed by atoms with E-state index >= 15 is 0 Å². The van der Waals surface area contributed by atoms with Gasteiger partial charge < -0.3 is 5.73 Å². The molecule has 0 radical (unpaired) electrons. The third-order valence-corrected chi connectivity index (χ3v) is 3.42. The summed E-state index contributed by atoms with van der Waals surface area (Å²) in [6.45, 7) is 0. The first-order chi connectivity index (χ1) is 5.77. The van der Waals surface area contributed by atoms with Crippen LogP contribution < -0.4 is 5.73 Å². The van der Waals surface area contributed by atoms with Gasteiger partial charge in [-0.2, -0.15) is 0 Å². The summed E-state index contributed by atoms with van der Waals surface area (Å²) in [6, 6.07) is 6.14. The lowest BCUT2D eigenvalue weighted by Crippen LogP contribution is -2.15. The second-order valence-corrected chi connectivity index (χ2v) is 4.50. The van der Waals surface area contributed by atoms with Gasteiger partial charge in [-0.15, -0.1) is 24.2 Å². The Morgan fingerprint density at radius 3 is 3.00 bits per heavy atom. The minimum atomic E-state index is 0. The smallest absolute Gasteiger partial charge is 0.0410 e. The molecule has 1 unspecified atom stereocenters. The van der Waals surface area contributed by atoms with E-state index in [9.17, 15) is 0 Å². The highest BCUT2D eigenvalue weighted by atomic mass is 35.5. The van der Waals surface area contributed by atoms with Crippen molar-refractivity contribution in [1.82, 2.24) is 0 Å². The molecule has 1 nitrogen and oxygen atoms in total. The zero-order chi connectivity index (χ0) is 8.55. The van der Waals surface area contributed by atoms with Crippen LogP contribution in [0.15, 0.2) is 23.1 Å². The highest BCUT2D eigenvalue weighted by Gasteiger charge is 2.16. The van der Waals surface area contributed by atoms with E-state index in [4.69, 9.17) is 17.3 Å². The van der Waals surface area contributed by atoms with Gasteiger partial charge in [-0.3, -0.25) is 0 Å². The maximum Gasteiger partial charge on any atom is 0.0410 e. The van der Waals surface area contributed by atoms with Gasteiger partial charge in [0.15, 0.2) is 0 Å². The zero-order valence-electron chi connectivity index (χ0n) is 7.00. The van der Waals surface area contributed by atoms with E-state index in [0.717, 1.165) is 17.2 Å². The molecule has 0 saturated heterocycles. The molecule has 0 bridgehead atoms. The van der Waals surface area contributed by atoms with Crippen molar-refractivity contribution in [2.45, 2.75) is 17.4 Å². The molecule has 4 heteroatoms. The van der Waals surface area contributed by atoms with Crippen LogP contribution in [0.25, 0.3) is 0 Å². The van der Waals surface area contributed by atoms with E-state index in [1.165, 1.54) is 10.5 Å². The molecular weight excluding hydrogens is 225 g/mol. The summed E-state index contributed by atoms with van der Waals surface area (Å²) >= 11 is 7.74. The van der Waals surface area contributed by atoms with Gasteiger partial charge in [0, 0.05) is 16.0 Å². The number of fused-ring (bicyclic) bond motifs is 1. The molecule has 1 aliphatic heterocycles. The van der Waals surface area contributed by atoms with Crippen LogP contribution in [0.4, 0.5) is 0 Å². The Labute approximate surface area is 93.4 Å². The number of hydrogen-bond acceptors (Lipinski definition) is 2. The first-order valence-electron chi connectivity index (χ1n) is 3.95. The average Bonchev–Trinajstić information content (AvgIpc) is 2.07. The van der Waals surface area contributed by atoms with E-state index < -0.39 is 0 Å². The number of halogens is 2. The molecule has 0 amide bonds. The van der Waals surface area contributed by atoms with Gasteiger partial charge in [0.25, 0.3) is 0 Å². The van der Waals surface area contributed by atoms with Gasteiger partial charge in [0.05, 0.1) is 0 Å². The fourth-order valence-electron chi connectivity index (χ4n) is 1.39. The number of benzene rings is 1. The highest BCUT2D eigenvalue weighted by molar-refractivity contribution is 7.99. The lowest BCUT2D eigenvalue weighted by atomic mass is 10.1. The first-order valence-corrected chi connectivity index (χ1v) is 5.31. The Hall–Kier alpha value is 0.110. The van der Waals surface area contributed by atoms with Crippen LogP contribution in [0, 0.1) is 0 Å². The van der Waals surface area contributed by atoms with Crippen LogP contribution in [-0.4, -0.2) is 5.75 Å². The standard InChI is InChI=1S/C9H10ClNS.ClH/c10-6-1-2-9-7(5-6)8(11)3-4-12-9;/h1-2,5,8H,3-4,11H2;1H. The molecule has 0 spiro atoms. The van der Waals surface area contributed by atoms with Gasteiger partial charge in [-0.05, 0) is 35.9 Å². The maximum absolute atomic E-state index is 5.94. The van der Waals surface area contributed by atoms with Crippen molar-refractivity contribution in [1.29, 1.82) is 0 Å². The number of hydrogen-bond donors (Lipinski definition) is 1. The summed E-state index contributed by atoms with van der Waals surface area (Å²) in [7, 11) is 0. The lowest BCUT2D eigenvalue weighted by molar-refractivity contribution is 0.680. The van der Waals surface area contributed by atoms with Crippen LogP contribution in [0.1, 0.15) is 18.0 Å². The van der Waals surface area contributed by atoms with Crippen molar-refractivity contribution in [2.75, 3.05) is 5.75 Å². The van der Waals surface area contributed by atoms with Gasteiger partial charge >= 0.3 is 0 Å². The molecule has 0 fully saturated rings. The molecule has 72 valence electrons. The van der Waals surface area contributed by atoms with Crippen molar-refractivity contribution < 1.29 is 0 Å². The molecule has 1 atom stereocenters. The molecule has 1 heterocycles. The normalized spacial score (nSPS) is 20.3. The fraction of sp³-hybridized carbons (Fsp3) is 0.333. The third kappa shape index (κ3) is 2.32. The highest BCUT2D eigenvalue weighted by Crippen LogP contribution is 2.35. The quantitative estimate of drug-likeness (QED) is 0.748. The first kappa shape index (κ1) is 11.2. The Kier molecular flexibility index (Phi) is 3.92. The van der Waals surface area contributed by atoms with Gasteiger partial charge in [0.2, 0.25) is 0 Å². The second kappa shape index (κ2) is 4.56. The lowest BCUT2D eigenvalue weighted by Gasteiger charge is -2.21. The summed E-state index contributed by atoms with van der Waals surface area (Å²) in [5, 5.41) is 0.784. The van der Waals surface area contributed by atoms with Crippen LogP contribution in [-0.2, 0) is 0 Å². The Morgan fingerprint density at radius 1 is 1.46 bits per heavy atom. The molecule has 1 aromatic rings. The molecule has 0 aliphatic carbocycles. The molecule has 1 aliphatic rings. The number of thioether (sulfide) groups is 1. The van der Waals surface area contributed by atoms with Gasteiger partial charge in [0.1, 0.15) is 0 Å². The number of rotatable bonds is 0. The summed E-state index contributed by atoms with van der Waals surface area (Å²) in [6.07, 6.45) is 1.05. The maximum atomic E-state index is 5.94. The summed E-state index contributed by atoms with van der Waals surface area (Å²) in [5.41, 5.74) is 7.15. The summed E-state index contributed by atoms with van der Waals surface area (Å²) in [5.74, 6) is 1.12. The Morgan fingerprint density at radius 2 is 2.23 bits per heavy atom. The Bertz CT molecular complexity index is 304. The third-order valence-electron chi connectivity index (χ3n) is 2.06. The minimum absolute atomic E-state index is 0. The Balaban J connectivity index is 0.000000845. The summed E-state index contributed by atoms with van der Waals surface area (Å²) < 4.78 is 0. The molecule has 0 aromatic heterocycles. The van der Waals surface area contributed by atoms with Crippen molar-refractivity contribution >= 4 is 35.8 Å². The average molecular weight is 236 g/mol. The summed E-state index contributed by atoms with van der Waals surface area (Å²) in [4.78, 5) is 1.29. The monoisotopic (exact) mass is 235 g/mol. The van der Waals surface area contributed by atoms with E-state index in [1.807, 2.05) is 23.9 Å². The molecule has 2 rings (SSSR count).